The molecule has 0 bridgehead atoms. The second-order valence-electron chi connectivity index (χ2n) is 3.42. The quantitative estimate of drug-likeness (QED) is 0.643. The Labute approximate surface area is 101 Å². The summed E-state index contributed by atoms with van der Waals surface area (Å²) in [5.41, 5.74) is -1.49. The number of hydrogen-bond acceptors (Lipinski definition) is 3. The topological polar surface area (TPSA) is 84.3 Å². The number of halogens is 2. The van der Waals surface area contributed by atoms with Crippen LogP contribution < -0.4 is 10.6 Å². The number of anilines is 1. The summed E-state index contributed by atoms with van der Waals surface area (Å²) in [6.45, 7) is 2.14. The molecule has 0 unspecified atom stereocenters. The number of nitro benzene ring substituents is 1. The molecule has 2 N–H and O–H groups in total. The molecule has 0 heterocycles. The van der Waals surface area contributed by atoms with Crippen LogP contribution in [0.2, 0.25) is 0 Å². The van der Waals surface area contributed by atoms with E-state index in [1.807, 2.05) is 5.32 Å². The molecule has 0 aliphatic carbocycles. The second kappa shape index (κ2) is 5.89. The zero-order valence-electron chi connectivity index (χ0n) is 9.50. The van der Waals surface area contributed by atoms with Gasteiger partial charge >= 0.3 is 6.03 Å². The van der Waals surface area contributed by atoms with Gasteiger partial charge in [0.2, 0.25) is 0 Å². The van der Waals surface area contributed by atoms with Crippen LogP contribution in [0.3, 0.4) is 0 Å². The maximum absolute atomic E-state index is 13.4. The highest BCUT2D eigenvalue weighted by Crippen LogP contribution is 2.28. The highest BCUT2D eigenvalue weighted by atomic mass is 19.1. The van der Waals surface area contributed by atoms with Gasteiger partial charge in [-0.05, 0) is 6.42 Å². The highest BCUT2D eigenvalue weighted by molar-refractivity contribution is 5.91. The monoisotopic (exact) mass is 259 g/mol. The van der Waals surface area contributed by atoms with Crippen LogP contribution >= 0.6 is 0 Å². The van der Waals surface area contributed by atoms with E-state index in [9.17, 15) is 23.7 Å². The summed E-state index contributed by atoms with van der Waals surface area (Å²) >= 11 is 0. The number of nitrogens with zero attached hydrogens (tertiary/aromatic N) is 1. The average molecular weight is 259 g/mol. The molecule has 0 radical (unpaired) electrons. The minimum Gasteiger partial charge on any atom is -0.338 e. The molecule has 1 aromatic carbocycles. The van der Waals surface area contributed by atoms with Gasteiger partial charge < -0.3 is 5.32 Å². The fourth-order valence-corrected chi connectivity index (χ4v) is 1.22. The minimum absolute atomic E-state index is 0.336. The van der Waals surface area contributed by atoms with E-state index in [4.69, 9.17) is 0 Å². The van der Waals surface area contributed by atoms with Crippen LogP contribution in [0.1, 0.15) is 13.3 Å². The number of nitro groups is 1. The number of amides is 2. The Balaban J connectivity index is 3.00. The molecule has 0 spiro atoms. The molecule has 0 atom stereocenters. The zero-order valence-corrected chi connectivity index (χ0v) is 9.50. The van der Waals surface area contributed by atoms with Crippen LogP contribution in [-0.2, 0) is 0 Å². The Morgan fingerprint density at radius 2 is 2.11 bits per heavy atom. The molecule has 98 valence electrons. The lowest BCUT2D eigenvalue weighted by Crippen LogP contribution is -2.29. The molecule has 0 saturated carbocycles. The summed E-state index contributed by atoms with van der Waals surface area (Å²) in [6, 6.07) is 0.214. The first-order valence-electron chi connectivity index (χ1n) is 5.14. The SMILES string of the molecule is CCCNC(=O)Nc1c(F)cc(F)cc1[N+](=O)[O-]. The lowest BCUT2D eigenvalue weighted by atomic mass is 10.2. The number of carbonyl (C=O) groups is 1. The normalized spacial score (nSPS) is 9.94. The van der Waals surface area contributed by atoms with Crippen molar-refractivity contribution in [2.24, 2.45) is 0 Å². The van der Waals surface area contributed by atoms with E-state index < -0.39 is 34.0 Å². The standard InChI is InChI=1S/C10H11F2N3O3/c1-2-3-13-10(16)14-9-7(12)4-6(11)5-8(9)15(17)18/h4-5H,2-3H2,1H3,(H2,13,14,16). The van der Waals surface area contributed by atoms with Crippen LogP contribution in [0.5, 0.6) is 0 Å². The van der Waals surface area contributed by atoms with Gasteiger partial charge in [-0.3, -0.25) is 15.4 Å². The van der Waals surface area contributed by atoms with Gasteiger partial charge in [-0.25, -0.2) is 13.6 Å². The first-order chi connectivity index (χ1) is 8.45. The van der Waals surface area contributed by atoms with Crippen molar-refractivity contribution in [2.45, 2.75) is 13.3 Å². The third-order valence-corrected chi connectivity index (χ3v) is 2.00. The molecule has 1 rings (SSSR count). The number of rotatable bonds is 4. The van der Waals surface area contributed by atoms with Gasteiger partial charge in [0, 0.05) is 12.6 Å². The van der Waals surface area contributed by atoms with Crippen LogP contribution in [0.15, 0.2) is 12.1 Å². The smallest absolute Gasteiger partial charge is 0.319 e. The summed E-state index contributed by atoms with van der Waals surface area (Å²) in [7, 11) is 0. The molecule has 1 aromatic rings. The first kappa shape index (κ1) is 13.8. The van der Waals surface area contributed by atoms with Gasteiger partial charge in [-0.1, -0.05) is 6.92 Å². The Hall–Kier alpha value is -2.25. The van der Waals surface area contributed by atoms with Crippen molar-refractivity contribution in [3.8, 4) is 0 Å². The third-order valence-electron chi connectivity index (χ3n) is 2.00. The summed E-state index contributed by atoms with van der Waals surface area (Å²) in [5, 5.41) is 15.0. The molecule has 0 aromatic heterocycles. The predicted molar refractivity (Wildman–Crippen MR) is 60.3 cm³/mol. The zero-order chi connectivity index (χ0) is 13.7. The molecule has 0 saturated heterocycles. The highest BCUT2D eigenvalue weighted by Gasteiger charge is 2.22. The van der Waals surface area contributed by atoms with Crippen molar-refractivity contribution in [3.63, 3.8) is 0 Å². The average Bonchev–Trinajstić information content (AvgIpc) is 2.29. The minimum atomic E-state index is -1.20. The maximum Gasteiger partial charge on any atom is 0.319 e. The third kappa shape index (κ3) is 3.37. The van der Waals surface area contributed by atoms with Crippen molar-refractivity contribution in [3.05, 3.63) is 33.9 Å². The maximum atomic E-state index is 13.4. The van der Waals surface area contributed by atoms with E-state index >= 15 is 0 Å². The van der Waals surface area contributed by atoms with Crippen LogP contribution in [0, 0.1) is 21.7 Å². The van der Waals surface area contributed by atoms with Crippen molar-refractivity contribution in [1.82, 2.24) is 5.32 Å². The van der Waals surface area contributed by atoms with Crippen molar-refractivity contribution in [2.75, 3.05) is 11.9 Å². The van der Waals surface area contributed by atoms with Crippen molar-refractivity contribution >= 4 is 17.4 Å². The molecule has 8 heteroatoms. The Kier molecular flexibility index (Phi) is 4.52. The fraction of sp³-hybridized carbons (Fsp3) is 0.300. The molecule has 6 nitrogen and oxygen atoms in total. The molecule has 2 amide bonds. The van der Waals surface area contributed by atoms with Crippen LogP contribution in [0.25, 0.3) is 0 Å². The van der Waals surface area contributed by atoms with Crippen LogP contribution in [0.4, 0.5) is 25.0 Å². The Morgan fingerprint density at radius 3 is 2.67 bits per heavy atom. The van der Waals surface area contributed by atoms with E-state index in [0.29, 0.717) is 25.1 Å². The molecular formula is C10H11F2N3O3. The molecular weight excluding hydrogens is 248 g/mol. The van der Waals surface area contributed by atoms with Gasteiger partial charge in [0.1, 0.15) is 5.82 Å². The van der Waals surface area contributed by atoms with Gasteiger partial charge in [0.15, 0.2) is 11.5 Å². The fourth-order valence-electron chi connectivity index (χ4n) is 1.22. The van der Waals surface area contributed by atoms with E-state index in [1.165, 1.54) is 0 Å². The molecule has 18 heavy (non-hydrogen) atoms. The van der Waals surface area contributed by atoms with Crippen molar-refractivity contribution < 1.29 is 18.5 Å². The Morgan fingerprint density at radius 1 is 1.44 bits per heavy atom. The van der Waals surface area contributed by atoms with E-state index in [-0.39, 0.29) is 0 Å². The largest absolute Gasteiger partial charge is 0.338 e. The lowest BCUT2D eigenvalue weighted by Gasteiger charge is -2.08. The molecule has 0 fully saturated rings. The van der Waals surface area contributed by atoms with Gasteiger partial charge in [0.25, 0.3) is 5.69 Å². The van der Waals surface area contributed by atoms with Gasteiger partial charge in [-0.2, -0.15) is 0 Å². The van der Waals surface area contributed by atoms with E-state index in [0.717, 1.165) is 0 Å². The summed E-state index contributed by atoms with van der Waals surface area (Å²) in [6.07, 6.45) is 0.654. The summed E-state index contributed by atoms with van der Waals surface area (Å²) in [4.78, 5) is 20.9. The van der Waals surface area contributed by atoms with Crippen LogP contribution in [-0.4, -0.2) is 17.5 Å². The van der Waals surface area contributed by atoms with Gasteiger partial charge in [0.05, 0.1) is 11.0 Å². The Bertz CT molecular complexity index is 480. The lowest BCUT2D eigenvalue weighted by molar-refractivity contribution is -0.384. The number of nitrogens with one attached hydrogen (secondary N) is 2. The summed E-state index contributed by atoms with van der Waals surface area (Å²) < 4.78 is 26.2. The second-order valence-corrected chi connectivity index (χ2v) is 3.42. The predicted octanol–water partition coefficient (Wildman–Crippen LogP) is 2.40. The molecule has 0 aliphatic rings. The van der Waals surface area contributed by atoms with E-state index in [2.05, 4.69) is 5.32 Å². The van der Waals surface area contributed by atoms with Crippen molar-refractivity contribution in [1.29, 1.82) is 0 Å². The van der Waals surface area contributed by atoms with E-state index in [1.54, 1.807) is 6.92 Å². The number of benzene rings is 1. The number of hydrogen-bond donors (Lipinski definition) is 2. The first-order valence-corrected chi connectivity index (χ1v) is 5.14. The molecule has 0 aliphatic heterocycles. The number of urea groups is 1. The van der Waals surface area contributed by atoms with Gasteiger partial charge in [-0.15, -0.1) is 0 Å². The number of carbonyl (C=O) groups excluding carboxylic acids is 1. The summed E-state index contributed by atoms with van der Waals surface area (Å²) in [5.74, 6) is -2.29.